The Kier molecular flexibility index (Phi) is 5.42. The Hall–Kier alpha value is -0.870. The molecule has 0 aliphatic rings. The minimum absolute atomic E-state index is 0.0554. The van der Waals surface area contributed by atoms with Gasteiger partial charge in [-0.3, -0.25) is 10.1 Å². The Labute approximate surface area is 66.6 Å². The molecule has 0 saturated carbocycles. The first-order valence-electron chi connectivity index (χ1n) is 3.37. The Morgan fingerprint density at radius 1 is 1.82 bits per heavy atom. The number of amides is 1. The van der Waals surface area contributed by atoms with E-state index in [0.717, 1.165) is 0 Å². The van der Waals surface area contributed by atoms with Crippen molar-refractivity contribution in [1.29, 1.82) is 0 Å². The summed E-state index contributed by atoms with van der Waals surface area (Å²) in [6, 6.07) is 0. The van der Waals surface area contributed by atoms with Crippen LogP contribution in [0, 0.1) is 0 Å². The Morgan fingerprint density at radius 3 is 2.91 bits per heavy atom. The average Bonchev–Trinajstić information content (AvgIpc) is 2.04. The van der Waals surface area contributed by atoms with E-state index in [-0.39, 0.29) is 12.1 Å². The molecule has 4 heteroatoms. The van der Waals surface area contributed by atoms with E-state index in [9.17, 15) is 4.79 Å². The maximum atomic E-state index is 10.6. The molecular formula is C7H14N2O2. The second-order valence-corrected chi connectivity index (χ2v) is 2.00. The zero-order valence-electron chi connectivity index (χ0n) is 6.89. The highest BCUT2D eigenvalue weighted by Crippen LogP contribution is 1.77. The van der Waals surface area contributed by atoms with Gasteiger partial charge in [-0.2, -0.15) is 0 Å². The smallest absolute Gasteiger partial charge is 0.244 e. The molecule has 0 bridgehead atoms. The summed E-state index contributed by atoms with van der Waals surface area (Å²) >= 11 is 0. The van der Waals surface area contributed by atoms with Gasteiger partial charge in [0.15, 0.2) is 0 Å². The summed E-state index contributed by atoms with van der Waals surface area (Å²) < 4.78 is 4.88. The van der Waals surface area contributed by atoms with Crippen molar-refractivity contribution in [2.24, 2.45) is 0 Å². The second kappa shape index (κ2) is 5.88. The molecule has 0 heterocycles. The lowest BCUT2D eigenvalue weighted by atomic mass is 10.6. The van der Waals surface area contributed by atoms with Crippen LogP contribution in [0.15, 0.2) is 12.7 Å². The summed E-state index contributed by atoms with van der Waals surface area (Å²) in [7, 11) is 1.59. The summed E-state index contributed by atoms with van der Waals surface area (Å²) in [5.74, 6) is -0.194. The molecule has 11 heavy (non-hydrogen) atoms. The van der Waals surface area contributed by atoms with Crippen LogP contribution in [-0.4, -0.2) is 25.9 Å². The SMILES string of the molecule is C=CC(=O)NCNC(C)OC. The van der Waals surface area contributed by atoms with Crippen LogP contribution in [-0.2, 0) is 9.53 Å². The van der Waals surface area contributed by atoms with Gasteiger partial charge >= 0.3 is 0 Å². The molecule has 1 amide bonds. The van der Waals surface area contributed by atoms with Gasteiger partial charge in [0, 0.05) is 7.11 Å². The first-order valence-corrected chi connectivity index (χ1v) is 3.37. The van der Waals surface area contributed by atoms with Crippen LogP contribution in [0.1, 0.15) is 6.92 Å². The maximum Gasteiger partial charge on any atom is 0.244 e. The number of carbonyl (C=O) groups is 1. The van der Waals surface area contributed by atoms with Gasteiger partial charge in [-0.05, 0) is 13.0 Å². The van der Waals surface area contributed by atoms with Gasteiger partial charge in [-0.15, -0.1) is 0 Å². The minimum Gasteiger partial charge on any atom is -0.367 e. The third-order valence-corrected chi connectivity index (χ3v) is 1.19. The summed E-state index contributed by atoms with van der Waals surface area (Å²) in [4.78, 5) is 10.6. The van der Waals surface area contributed by atoms with E-state index in [1.165, 1.54) is 6.08 Å². The number of ether oxygens (including phenoxy) is 1. The first-order chi connectivity index (χ1) is 5.20. The highest BCUT2D eigenvalue weighted by atomic mass is 16.5. The van der Waals surface area contributed by atoms with Crippen molar-refractivity contribution in [3.05, 3.63) is 12.7 Å². The Bertz CT molecular complexity index is 136. The van der Waals surface area contributed by atoms with Gasteiger partial charge in [0.2, 0.25) is 5.91 Å². The molecule has 0 rings (SSSR count). The molecule has 0 aromatic heterocycles. The molecule has 1 unspecified atom stereocenters. The normalized spacial score (nSPS) is 12.2. The quantitative estimate of drug-likeness (QED) is 0.431. The van der Waals surface area contributed by atoms with Crippen LogP contribution in [0.4, 0.5) is 0 Å². The van der Waals surface area contributed by atoms with E-state index >= 15 is 0 Å². The number of nitrogens with one attached hydrogen (secondary N) is 2. The molecule has 4 nitrogen and oxygen atoms in total. The zero-order chi connectivity index (χ0) is 8.69. The van der Waals surface area contributed by atoms with E-state index in [0.29, 0.717) is 6.67 Å². The van der Waals surface area contributed by atoms with Crippen LogP contribution in [0.25, 0.3) is 0 Å². The average molecular weight is 158 g/mol. The van der Waals surface area contributed by atoms with E-state index < -0.39 is 0 Å². The number of hydrogen-bond donors (Lipinski definition) is 2. The molecule has 0 aliphatic heterocycles. The number of carbonyl (C=O) groups excluding carboxylic acids is 1. The van der Waals surface area contributed by atoms with Crippen LogP contribution in [0.2, 0.25) is 0 Å². The molecule has 0 aliphatic carbocycles. The van der Waals surface area contributed by atoms with E-state index in [1.807, 2.05) is 6.92 Å². The lowest BCUT2D eigenvalue weighted by Gasteiger charge is -2.11. The number of hydrogen-bond acceptors (Lipinski definition) is 3. The van der Waals surface area contributed by atoms with Crippen molar-refractivity contribution in [1.82, 2.24) is 10.6 Å². The second-order valence-electron chi connectivity index (χ2n) is 2.00. The molecule has 0 aromatic rings. The molecule has 0 fully saturated rings. The van der Waals surface area contributed by atoms with Crippen molar-refractivity contribution in [2.75, 3.05) is 13.8 Å². The van der Waals surface area contributed by atoms with E-state index in [2.05, 4.69) is 17.2 Å². The maximum absolute atomic E-state index is 10.6. The molecule has 0 aromatic carbocycles. The highest BCUT2D eigenvalue weighted by Gasteiger charge is 1.96. The topological polar surface area (TPSA) is 50.4 Å². The molecule has 64 valence electrons. The fraction of sp³-hybridized carbons (Fsp3) is 0.571. The van der Waals surface area contributed by atoms with E-state index in [1.54, 1.807) is 7.11 Å². The molecule has 0 radical (unpaired) electrons. The van der Waals surface area contributed by atoms with Gasteiger partial charge < -0.3 is 10.1 Å². The molecular weight excluding hydrogens is 144 g/mol. The predicted molar refractivity (Wildman–Crippen MR) is 42.8 cm³/mol. The number of methoxy groups -OCH3 is 1. The highest BCUT2D eigenvalue weighted by molar-refractivity contribution is 5.86. The van der Waals surface area contributed by atoms with Gasteiger partial charge in [0.25, 0.3) is 0 Å². The lowest BCUT2D eigenvalue weighted by molar-refractivity contribution is -0.116. The third kappa shape index (κ3) is 5.57. The minimum atomic E-state index is -0.194. The van der Waals surface area contributed by atoms with Crippen LogP contribution in [0.3, 0.4) is 0 Å². The number of rotatable bonds is 5. The fourth-order valence-electron chi connectivity index (χ4n) is 0.437. The Morgan fingerprint density at radius 2 is 2.45 bits per heavy atom. The van der Waals surface area contributed by atoms with Gasteiger partial charge in [-0.1, -0.05) is 6.58 Å². The summed E-state index contributed by atoms with van der Waals surface area (Å²) in [5.41, 5.74) is 0. The van der Waals surface area contributed by atoms with Crippen molar-refractivity contribution in [3.63, 3.8) is 0 Å². The largest absolute Gasteiger partial charge is 0.367 e. The van der Waals surface area contributed by atoms with Crippen LogP contribution >= 0.6 is 0 Å². The molecule has 1 atom stereocenters. The molecule has 2 N–H and O–H groups in total. The van der Waals surface area contributed by atoms with Gasteiger partial charge in [0.05, 0.1) is 6.67 Å². The third-order valence-electron chi connectivity index (χ3n) is 1.19. The van der Waals surface area contributed by atoms with Crippen molar-refractivity contribution in [2.45, 2.75) is 13.2 Å². The molecule has 0 saturated heterocycles. The van der Waals surface area contributed by atoms with Crippen molar-refractivity contribution >= 4 is 5.91 Å². The molecule has 0 spiro atoms. The van der Waals surface area contributed by atoms with E-state index in [4.69, 9.17) is 4.74 Å². The summed E-state index contributed by atoms with van der Waals surface area (Å²) in [5, 5.41) is 5.44. The van der Waals surface area contributed by atoms with Crippen molar-refractivity contribution < 1.29 is 9.53 Å². The predicted octanol–water partition coefficient (Wildman–Crippen LogP) is -0.172. The van der Waals surface area contributed by atoms with Gasteiger partial charge in [0.1, 0.15) is 6.23 Å². The zero-order valence-corrected chi connectivity index (χ0v) is 6.89. The summed E-state index contributed by atoms with van der Waals surface area (Å²) in [6.07, 6.45) is 1.17. The summed E-state index contributed by atoms with van der Waals surface area (Å²) in [6.45, 7) is 5.54. The van der Waals surface area contributed by atoms with Crippen molar-refractivity contribution in [3.8, 4) is 0 Å². The monoisotopic (exact) mass is 158 g/mol. The van der Waals surface area contributed by atoms with Gasteiger partial charge in [-0.25, -0.2) is 0 Å². The first kappa shape index (κ1) is 10.1. The van der Waals surface area contributed by atoms with Crippen LogP contribution in [0.5, 0.6) is 0 Å². The Balaban J connectivity index is 3.26. The van der Waals surface area contributed by atoms with Crippen LogP contribution < -0.4 is 10.6 Å². The fourth-order valence-corrected chi connectivity index (χ4v) is 0.437. The standard InChI is InChI=1S/C7H14N2O2/c1-4-7(10)9-5-8-6(2)11-3/h4,6,8H,1,5H2,2-3H3,(H,9,10). The lowest BCUT2D eigenvalue weighted by Crippen LogP contribution is -2.38.